The van der Waals surface area contributed by atoms with Crippen LogP contribution in [0.2, 0.25) is 0 Å². The summed E-state index contributed by atoms with van der Waals surface area (Å²) in [5, 5.41) is 0. The first-order valence-corrected chi connectivity index (χ1v) is 0.816. The van der Waals surface area contributed by atoms with Crippen LogP contribution in [-0.2, 0) is 56.5 Å². The molecule has 0 aliphatic carbocycles. The van der Waals surface area contributed by atoms with Crippen LogP contribution in [0.1, 0.15) is 0 Å². The van der Waals surface area contributed by atoms with Gasteiger partial charge in [0, 0.05) is 42.1 Å². The minimum atomic E-state index is 0. The molecule has 0 radical (unpaired) electrons. The van der Waals surface area contributed by atoms with Crippen molar-refractivity contribution < 1.29 is 56.5 Å². The van der Waals surface area contributed by atoms with E-state index in [2.05, 4.69) is 4.74 Å². The Hall–Kier alpha value is 0.517. The molecule has 0 aromatic carbocycles. The minimum absolute atomic E-state index is 0. The summed E-state index contributed by atoms with van der Waals surface area (Å²) in [6, 6.07) is 0. The summed E-state index contributed by atoms with van der Waals surface area (Å²) in [5.74, 6) is 0. The third kappa shape index (κ3) is 21.0. The molecule has 0 heterocycles. The van der Waals surface area contributed by atoms with Gasteiger partial charge < -0.3 is 14.3 Å². The average Bonchev–Trinajstić information content (AvgIpc) is 1.41. The van der Waals surface area contributed by atoms with Crippen LogP contribution in [-0.4, -0.2) is 12.9 Å². The normalized spacial score (nSPS) is 4.00. The van der Waals surface area contributed by atoms with Crippen LogP contribution in [0.25, 0.3) is 0 Å². The molecule has 3 nitrogen and oxygen atoms in total. The van der Waals surface area contributed by atoms with E-state index in [4.69, 9.17) is 9.59 Å². The zero-order valence-electron chi connectivity index (χ0n) is 3.04. The molecule has 0 fully saturated rings. The first-order valence-electron chi connectivity index (χ1n) is 0.816. The summed E-state index contributed by atoms with van der Waals surface area (Å²) in [6.45, 7) is 1.69. The van der Waals surface area contributed by atoms with E-state index in [1.807, 2.05) is 0 Å². The van der Waals surface area contributed by atoms with Gasteiger partial charge in [0.1, 0.15) is 0 Å². The van der Waals surface area contributed by atoms with Crippen LogP contribution in [0.5, 0.6) is 0 Å². The Bertz CT molecular complexity index is 40.2. The van der Waals surface area contributed by atoms with Crippen molar-refractivity contribution in [2.24, 2.45) is 0 Å². The molecule has 0 rings (SSSR count). The number of hydrogen-bond acceptors (Lipinski definition) is 3. The van der Waals surface area contributed by atoms with Crippen LogP contribution in [0, 0.1) is 0 Å². The second-order valence-corrected chi connectivity index (χ2v) is 0.269. The molecule has 0 saturated carbocycles. The quantitative estimate of drug-likeness (QED) is 0.415. The van der Waals surface area contributed by atoms with E-state index in [0.717, 1.165) is 12.9 Å². The number of hydrogen-bond donors (Lipinski definition) is 0. The van der Waals surface area contributed by atoms with Gasteiger partial charge in [-0.25, -0.2) is 0 Å². The molecule has 0 spiro atoms. The van der Waals surface area contributed by atoms with Crippen molar-refractivity contribution in [2.45, 2.75) is 0 Å². The number of ether oxygens (including phenoxy) is 1. The van der Waals surface area contributed by atoms with Crippen LogP contribution >= 0.6 is 0 Å². The maximum absolute atomic E-state index is 8.80. The Morgan fingerprint density at radius 3 is 1.29 bits per heavy atom. The summed E-state index contributed by atoms with van der Waals surface area (Å²) in [4.78, 5) is 17.6. The number of carbonyl (C=O) groups excluding carboxylic acids is 2. The van der Waals surface area contributed by atoms with Crippen LogP contribution in [0.4, 0.5) is 0 Å². The Balaban J connectivity index is -0.0000000800. The Kier molecular flexibility index (Phi) is 35.8. The molecule has 0 N–H and O–H groups in total. The zero-order valence-corrected chi connectivity index (χ0v) is 8.91. The molecule has 0 aliphatic heterocycles. The van der Waals surface area contributed by atoms with Crippen molar-refractivity contribution in [2.75, 3.05) is 0 Å². The first kappa shape index (κ1) is 15.6. The van der Waals surface area contributed by atoms with E-state index >= 15 is 0 Å². The molecule has 0 saturated heterocycles. The molecule has 7 heavy (non-hydrogen) atoms. The van der Waals surface area contributed by atoms with Crippen molar-refractivity contribution in [1.82, 2.24) is 0 Å². The van der Waals surface area contributed by atoms with Gasteiger partial charge in [0.25, 0.3) is 0 Å². The van der Waals surface area contributed by atoms with E-state index in [-0.39, 0.29) is 42.1 Å². The summed E-state index contributed by atoms with van der Waals surface area (Å²) < 4.78 is 3.22. The fraction of sp³-hybridized carbons (Fsp3) is 0. The average molecular weight is 440 g/mol. The first-order chi connectivity index (χ1) is 2.41. The van der Waals surface area contributed by atoms with Gasteiger partial charge in [-0.3, -0.25) is 0 Å². The third-order valence-corrected chi connectivity index (χ3v) is 0.0833. The predicted octanol–water partition coefficient (Wildman–Crippen LogP) is -0.868. The summed E-state index contributed by atoms with van der Waals surface area (Å²) in [6.07, 6.45) is 0. The molecule has 0 amide bonds. The molecular formula is C2O3W2-2. The van der Waals surface area contributed by atoms with Crippen molar-refractivity contribution in [3.8, 4) is 0 Å². The van der Waals surface area contributed by atoms with Crippen LogP contribution < -0.4 is 0 Å². The molecule has 0 atom stereocenters. The van der Waals surface area contributed by atoms with Gasteiger partial charge >= 0.3 is 0 Å². The summed E-state index contributed by atoms with van der Waals surface area (Å²) >= 11 is 0. The molecule has 40 valence electrons. The Labute approximate surface area is 69.3 Å². The molecule has 0 aromatic heterocycles. The topological polar surface area (TPSA) is 43.4 Å². The molecule has 0 bridgehead atoms. The fourth-order valence-corrected chi connectivity index (χ4v) is 0.0170. The summed E-state index contributed by atoms with van der Waals surface area (Å²) in [5.41, 5.74) is 0. The molecule has 0 aliphatic rings. The zero-order chi connectivity index (χ0) is 4.12. The standard InChI is InChI=1S/C2O3.2W/c3-1-5-2-4;;/q-2;;. The van der Waals surface area contributed by atoms with Gasteiger partial charge in [0.05, 0.1) is 0 Å². The maximum Gasteiger partial charge on any atom is 0 e. The molecular weight excluding hydrogens is 440 g/mol. The van der Waals surface area contributed by atoms with E-state index in [1.165, 1.54) is 0 Å². The van der Waals surface area contributed by atoms with Gasteiger partial charge in [0.2, 0.25) is 0 Å². The molecule has 0 aromatic rings. The smallest absolute Gasteiger partial charge is 0 e. The largest absolute Gasteiger partial charge is 0.783 e. The monoisotopic (exact) mass is 440 g/mol. The van der Waals surface area contributed by atoms with Crippen LogP contribution in [0.15, 0.2) is 0 Å². The Morgan fingerprint density at radius 2 is 1.29 bits per heavy atom. The predicted molar refractivity (Wildman–Crippen MR) is 12.5 cm³/mol. The SMILES string of the molecule is O=[C-]O[C-]=O.[W].[W]. The number of rotatable bonds is 2. The Morgan fingerprint density at radius 1 is 1.00 bits per heavy atom. The van der Waals surface area contributed by atoms with Crippen molar-refractivity contribution >= 4 is 12.9 Å². The van der Waals surface area contributed by atoms with Crippen molar-refractivity contribution in [1.29, 1.82) is 0 Å². The fourth-order valence-electron chi connectivity index (χ4n) is 0.0170. The van der Waals surface area contributed by atoms with E-state index in [1.54, 1.807) is 0 Å². The van der Waals surface area contributed by atoms with Gasteiger partial charge in [0.15, 0.2) is 0 Å². The maximum atomic E-state index is 8.80. The minimum Gasteiger partial charge on any atom is -0.783 e. The molecule has 5 heteroatoms. The second kappa shape index (κ2) is 16.0. The van der Waals surface area contributed by atoms with Crippen LogP contribution in [0.3, 0.4) is 0 Å². The van der Waals surface area contributed by atoms with Gasteiger partial charge in [-0.2, -0.15) is 0 Å². The molecule has 0 unspecified atom stereocenters. The van der Waals surface area contributed by atoms with E-state index in [9.17, 15) is 0 Å². The van der Waals surface area contributed by atoms with Crippen molar-refractivity contribution in [3.05, 3.63) is 0 Å². The second-order valence-electron chi connectivity index (χ2n) is 0.269. The van der Waals surface area contributed by atoms with Crippen molar-refractivity contribution in [3.63, 3.8) is 0 Å². The van der Waals surface area contributed by atoms with Gasteiger partial charge in [-0.05, 0) is 0 Å². The van der Waals surface area contributed by atoms with Gasteiger partial charge in [-0.15, -0.1) is 12.9 Å². The third-order valence-electron chi connectivity index (χ3n) is 0.0833. The van der Waals surface area contributed by atoms with Gasteiger partial charge in [-0.1, -0.05) is 0 Å². The van der Waals surface area contributed by atoms with E-state index in [0.29, 0.717) is 0 Å². The van der Waals surface area contributed by atoms with E-state index < -0.39 is 0 Å². The summed E-state index contributed by atoms with van der Waals surface area (Å²) in [7, 11) is 0.